The second-order valence-electron chi connectivity index (χ2n) is 7.30. The molecule has 2 aliphatic rings. The van der Waals surface area contributed by atoms with Crippen LogP contribution < -0.4 is 0 Å². The first-order valence-electron chi connectivity index (χ1n) is 9.20. The number of halogens is 4. The number of likely N-dealkylation sites (tertiary alicyclic amines) is 1. The fraction of sp³-hybridized carbons (Fsp3) is 0.611. The van der Waals surface area contributed by atoms with Gasteiger partial charge in [-0.05, 0) is 49.9 Å². The minimum absolute atomic E-state index is 0.0253. The van der Waals surface area contributed by atoms with Crippen molar-refractivity contribution in [3.63, 3.8) is 0 Å². The van der Waals surface area contributed by atoms with Gasteiger partial charge in [0, 0.05) is 32.1 Å². The fourth-order valence-corrected chi connectivity index (χ4v) is 5.27. The van der Waals surface area contributed by atoms with Gasteiger partial charge in [-0.25, -0.2) is 12.8 Å². The van der Waals surface area contributed by atoms with Crippen molar-refractivity contribution < 1.29 is 30.8 Å². The summed E-state index contributed by atoms with van der Waals surface area (Å²) in [4.78, 5) is 13.9. The second kappa shape index (κ2) is 7.98. The summed E-state index contributed by atoms with van der Waals surface area (Å²) in [5.74, 6) is -2.84. The molecule has 5 nitrogen and oxygen atoms in total. The van der Waals surface area contributed by atoms with Gasteiger partial charge in [0.05, 0.1) is 10.8 Å². The highest BCUT2D eigenvalue weighted by molar-refractivity contribution is 7.89. The maximum absolute atomic E-state index is 13.0. The van der Waals surface area contributed by atoms with E-state index in [4.69, 9.17) is 0 Å². The van der Waals surface area contributed by atoms with Crippen LogP contribution >= 0.6 is 0 Å². The summed E-state index contributed by atoms with van der Waals surface area (Å²) >= 11 is 0. The highest BCUT2D eigenvalue weighted by atomic mass is 32.2. The molecule has 0 radical (unpaired) electrons. The third-order valence-corrected chi connectivity index (χ3v) is 7.36. The quantitative estimate of drug-likeness (QED) is 0.704. The van der Waals surface area contributed by atoms with E-state index in [0.717, 1.165) is 12.1 Å². The molecule has 28 heavy (non-hydrogen) atoms. The lowest BCUT2D eigenvalue weighted by molar-refractivity contribution is -0.188. The zero-order valence-electron chi connectivity index (χ0n) is 15.2. The van der Waals surface area contributed by atoms with Crippen LogP contribution in [0, 0.1) is 17.7 Å². The van der Waals surface area contributed by atoms with Gasteiger partial charge in [0.25, 0.3) is 0 Å². The molecule has 1 aromatic rings. The summed E-state index contributed by atoms with van der Waals surface area (Å²) < 4.78 is 78.3. The zero-order chi connectivity index (χ0) is 20.5. The van der Waals surface area contributed by atoms with E-state index in [2.05, 4.69) is 0 Å². The van der Waals surface area contributed by atoms with Crippen LogP contribution in [0.3, 0.4) is 0 Å². The lowest BCUT2D eigenvalue weighted by Crippen LogP contribution is -2.49. The van der Waals surface area contributed by atoms with Crippen molar-refractivity contribution in [3.8, 4) is 0 Å². The molecule has 2 fully saturated rings. The Morgan fingerprint density at radius 2 is 1.61 bits per heavy atom. The molecule has 3 rings (SSSR count). The SMILES string of the molecule is O=C(C1CCN(S(=O)(=O)c2ccc(F)cc2)CC1)N1CCC[C@H](C(F)(F)F)C1. The smallest absolute Gasteiger partial charge is 0.342 e. The van der Waals surface area contributed by atoms with Gasteiger partial charge in [0.1, 0.15) is 5.82 Å². The van der Waals surface area contributed by atoms with Crippen molar-refractivity contribution in [1.29, 1.82) is 0 Å². The predicted molar refractivity (Wildman–Crippen MR) is 93.2 cm³/mol. The number of carbonyl (C=O) groups excluding carboxylic acids is 1. The lowest BCUT2D eigenvalue weighted by Gasteiger charge is -2.38. The highest BCUT2D eigenvalue weighted by Crippen LogP contribution is 2.34. The van der Waals surface area contributed by atoms with Crippen LogP contribution in [-0.2, 0) is 14.8 Å². The van der Waals surface area contributed by atoms with E-state index in [1.165, 1.54) is 21.3 Å². The Kier molecular flexibility index (Phi) is 6.00. The molecule has 10 heteroatoms. The predicted octanol–water partition coefficient (Wildman–Crippen LogP) is 3.03. The van der Waals surface area contributed by atoms with Crippen LogP contribution in [0.15, 0.2) is 29.2 Å². The summed E-state index contributed by atoms with van der Waals surface area (Å²) in [5.41, 5.74) is 0. The van der Waals surface area contributed by atoms with Gasteiger partial charge in [-0.15, -0.1) is 0 Å². The van der Waals surface area contributed by atoms with Gasteiger partial charge in [0.2, 0.25) is 15.9 Å². The van der Waals surface area contributed by atoms with Crippen LogP contribution in [0.2, 0.25) is 0 Å². The maximum Gasteiger partial charge on any atom is 0.393 e. The van der Waals surface area contributed by atoms with E-state index in [1.807, 2.05) is 0 Å². The molecule has 1 amide bonds. The van der Waals surface area contributed by atoms with E-state index in [-0.39, 0.29) is 49.7 Å². The number of nitrogens with zero attached hydrogens (tertiary/aromatic N) is 2. The Bertz CT molecular complexity index is 803. The maximum atomic E-state index is 13.0. The summed E-state index contributed by atoms with van der Waals surface area (Å²) in [6.07, 6.45) is -3.46. The third kappa shape index (κ3) is 4.48. The molecular weight excluding hydrogens is 400 g/mol. The number of hydrogen-bond donors (Lipinski definition) is 0. The largest absolute Gasteiger partial charge is 0.393 e. The average Bonchev–Trinajstić information content (AvgIpc) is 2.67. The number of sulfonamides is 1. The van der Waals surface area contributed by atoms with Crippen molar-refractivity contribution in [2.24, 2.45) is 11.8 Å². The molecule has 0 N–H and O–H groups in total. The number of alkyl halides is 3. The summed E-state index contributed by atoms with van der Waals surface area (Å²) in [6.45, 7) is 0.190. The number of carbonyl (C=O) groups is 1. The van der Waals surface area contributed by atoms with Crippen LogP contribution in [0.1, 0.15) is 25.7 Å². The molecule has 2 aliphatic heterocycles. The first kappa shape index (κ1) is 21.0. The molecule has 0 aromatic heterocycles. The van der Waals surface area contributed by atoms with E-state index >= 15 is 0 Å². The van der Waals surface area contributed by atoms with Crippen molar-refractivity contribution in [2.75, 3.05) is 26.2 Å². The third-order valence-electron chi connectivity index (χ3n) is 5.45. The summed E-state index contributed by atoms with van der Waals surface area (Å²) in [5, 5.41) is 0. The zero-order valence-corrected chi connectivity index (χ0v) is 16.0. The van der Waals surface area contributed by atoms with Crippen molar-refractivity contribution >= 4 is 15.9 Å². The standard InChI is InChI=1S/C18H22F4N2O3S/c19-15-3-5-16(6-4-15)28(26,27)24-10-7-13(8-11-24)17(25)23-9-1-2-14(12-23)18(20,21)22/h3-6,13-14H,1-2,7-12H2/t14-/m0/s1. The molecular formula is C18H22F4N2O3S. The molecule has 156 valence electrons. The number of amides is 1. The Morgan fingerprint density at radius 1 is 1.00 bits per heavy atom. The van der Waals surface area contributed by atoms with Crippen molar-refractivity contribution in [2.45, 2.75) is 36.8 Å². The van der Waals surface area contributed by atoms with Gasteiger partial charge in [0.15, 0.2) is 0 Å². The normalized spacial score (nSPS) is 23.0. The monoisotopic (exact) mass is 422 g/mol. The number of hydrogen-bond acceptors (Lipinski definition) is 3. The topological polar surface area (TPSA) is 57.7 Å². The molecule has 0 bridgehead atoms. The minimum Gasteiger partial charge on any atom is -0.342 e. The molecule has 0 spiro atoms. The van der Waals surface area contributed by atoms with Crippen molar-refractivity contribution in [3.05, 3.63) is 30.1 Å². The number of piperidine rings is 2. The van der Waals surface area contributed by atoms with Gasteiger partial charge in [-0.2, -0.15) is 17.5 Å². The fourth-order valence-electron chi connectivity index (χ4n) is 3.80. The first-order chi connectivity index (χ1) is 13.1. The molecule has 0 unspecified atom stereocenters. The van der Waals surface area contributed by atoms with E-state index in [9.17, 15) is 30.8 Å². The van der Waals surface area contributed by atoms with E-state index in [0.29, 0.717) is 13.0 Å². The summed E-state index contributed by atoms with van der Waals surface area (Å²) in [6, 6.07) is 4.51. The van der Waals surface area contributed by atoms with Crippen LogP contribution in [0.25, 0.3) is 0 Å². The second-order valence-corrected chi connectivity index (χ2v) is 9.24. The molecule has 0 saturated carbocycles. The number of rotatable bonds is 3. The first-order valence-corrected chi connectivity index (χ1v) is 10.6. The molecule has 2 saturated heterocycles. The minimum atomic E-state index is -4.31. The van der Waals surface area contributed by atoms with Gasteiger partial charge in [-0.1, -0.05) is 0 Å². The molecule has 1 atom stereocenters. The molecule has 2 heterocycles. The van der Waals surface area contributed by atoms with Crippen molar-refractivity contribution in [1.82, 2.24) is 9.21 Å². The van der Waals surface area contributed by atoms with Gasteiger partial charge < -0.3 is 4.90 Å². The van der Waals surface area contributed by atoms with Gasteiger partial charge >= 0.3 is 6.18 Å². The molecule has 1 aromatic carbocycles. The van der Waals surface area contributed by atoms with Crippen LogP contribution in [0.4, 0.5) is 17.6 Å². The van der Waals surface area contributed by atoms with Crippen LogP contribution in [0.5, 0.6) is 0 Å². The van der Waals surface area contributed by atoms with E-state index < -0.39 is 33.9 Å². The lowest BCUT2D eigenvalue weighted by atomic mass is 9.92. The Hall–Kier alpha value is -1.68. The van der Waals surface area contributed by atoms with E-state index in [1.54, 1.807) is 0 Å². The Balaban J connectivity index is 1.60. The van der Waals surface area contributed by atoms with Gasteiger partial charge in [-0.3, -0.25) is 4.79 Å². The highest BCUT2D eigenvalue weighted by Gasteiger charge is 2.44. The number of benzene rings is 1. The van der Waals surface area contributed by atoms with Crippen LogP contribution in [-0.4, -0.2) is 55.9 Å². The average molecular weight is 422 g/mol. The molecule has 0 aliphatic carbocycles. The summed E-state index contributed by atoms with van der Waals surface area (Å²) in [7, 11) is -3.79. The Morgan fingerprint density at radius 3 is 2.18 bits per heavy atom. The Labute approximate surface area is 161 Å².